The number of benzene rings is 2. The highest BCUT2D eigenvalue weighted by molar-refractivity contribution is 6.38. The Kier molecular flexibility index (Phi) is 10.9. The average molecular weight is 496 g/mol. The molecule has 9 nitrogen and oxygen atoms in total. The molecule has 0 bridgehead atoms. The number of amides is 2. The third-order valence-corrected chi connectivity index (χ3v) is 4.84. The van der Waals surface area contributed by atoms with Crippen LogP contribution in [0, 0.1) is 0 Å². The summed E-state index contributed by atoms with van der Waals surface area (Å²) in [7, 11) is 0. The van der Waals surface area contributed by atoms with E-state index < -0.39 is 35.8 Å². The van der Waals surface area contributed by atoms with Gasteiger partial charge in [0.15, 0.2) is 5.71 Å². The third-order valence-electron chi connectivity index (χ3n) is 4.84. The first-order valence-electron chi connectivity index (χ1n) is 12.0. The van der Waals surface area contributed by atoms with Gasteiger partial charge in [0.2, 0.25) is 0 Å². The van der Waals surface area contributed by atoms with Crippen molar-refractivity contribution in [3.63, 3.8) is 0 Å². The summed E-state index contributed by atoms with van der Waals surface area (Å²) >= 11 is 0. The predicted molar refractivity (Wildman–Crippen MR) is 137 cm³/mol. The van der Waals surface area contributed by atoms with E-state index in [-0.39, 0.29) is 12.3 Å². The lowest BCUT2D eigenvalue weighted by atomic mass is 9.99. The standard InChI is InChI=1S/C27H36N4O5/c1-6-14-21(28-26(34)36-27(3,4)5)23(24(32)35-7-2)30-31-25(33)29-22(19-15-10-8-11-16-19)20-17-12-9-13-18-20/h8-13,15-18,21-22H,6-7,14H2,1-5H3,(H,28,34)(H2,29,31,33)/p-1. The van der Waals surface area contributed by atoms with Gasteiger partial charge in [-0.2, -0.15) is 5.10 Å². The number of ether oxygens (including phenoxy) is 2. The molecule has 0 aliphatic heterocycles. The molecular formula is C27H35N4O5-. The Morgan fingerprint density at radius 2 is 1.53 bits per heavy atom. The normalized spacial score (nSPS) is 13.2. The topological polar surface area (TPSA) is 124 Å². The molecule has 0 aromatic heterocycles. The van der Waals surface area contributed by atoms with Crippen LogP contribution in [0.5, 0.6) is 0 Å². The first-order valence-corrected chi connectivity index (χ1v) is 12.0. The van der Waals surface area contributed by atoms with Crippen LogP contribution in [0.15, 0.2) is 70.8 Å². The second-order valence-corrected chi connectivity index (χ2v) is 8.97. The number of carbonyl (C=O) groups excluding carboxylic acids is 2. The number of carbonyl (C=O) groups is 2. The third kappa shape index (κ3) is 9.40. The van der Waals surface area contributed by atoms with Gasteiger partial charge in [0.25, 0.3) is 0 Å². The van der Waals surface area contributed by atoms with Gasteiger partial charge in [0.1, 0.15) is 12.1 Å². The number of nitrogens with zero attached hydrogens (tertiary/aromatic N) is 2. The summed E-state index contributed by atoms with van der Waals surface area (Å²) in [4.78, 5) is 29.6. The minimum atomic E-state index is -0.941. The Balaban J connectivity index is 2.31. The summed E-state index contributed by atoms with van der Waals surface area (Å²) in [5.74, 6) is -0.772. The summed E-state index contributed by atoms with van der Waals surface area (Å²) in [6.07, 6.45) is 0.110. The van der Waals surface area contributed by atoms with E-state index in [1.54, 1.807) is 27.7 Å². The van der Waals surface area contributed by atoms with Crippen molar-refractivity contribution in [1.29, 1.82) is 0 Å². The quantitative estimate of drug-likeness (QED) is 0.225. The van der Waals surface area contributed by atoms with Crippen molar-refractivity contribution in [3.8, 4) is 0 Å². The molecule has 1 unspecified atom stereocenters. The van der Waals surface area contributed by atoms with E-state index in [2.05, 4.69) is 20.8 Å². The molecule has 2 rings (SSSR count). The van der Waals surface area contributed by atoms with Gasteiger partial charge in [0, 0.05) is 5.60 Å². The molecule has 0 fully saturated rings. The Labute approximate surface area is 212 Å². The maximum atomic E-state index is 12.9. The van der Waals surface area contributed by atoms with Crippen molar-refractivity contribution in [2.45, 2.75) is 65.1 Å². The van der Waals surface area contributed by atoms with Crippen LogP contribution in [0.25, 0.3) is 0 Å². The van der Waals surface area contributed by atoms with Crippen LogP contribution in [-0.2, 0) is 14.3 Å². The molecule has 0 saturated carbocycles. The summed E-state index contributed by atoms with van der Waals surface area (Å²) in [5, 5.41) is 19.2. The fraction of sp³-hybridized carbons (Fsp3) is 0.407. The minimum absolute atomic E-state index is 0.0966. The largest absolute Gasteiger partial charge is 0.595 e. The van der Waals surface area contributed by atoms with Crippen molar-refractivity contribution >= 4 is 23.8 Å². The van der Waals surface area contributed by atoms with Gasteiger partial charge in [-0.3, -0.25) is 4.99 Å². The maximum absolute atomic E-state index is 12.9. The zero-order chi connectivity index (χ0) is 26.6. The predicted octanol–water partition coefficient (Wildman–Crippen LogP) is 3.69. The van der Waals surface area contributed by atoms with Crippen LogP contribution in [0.4, 0.5) is 4.79 Å². The van der Waals surface area contributed by atoms with Crippen molar-refractivity contribution in [3.05, 3.63) is 71.8 Å². The summed E-state index contributed by atoms with van der Waals surface area (Å²) < 4.78 is 10.4. The number of rotatable bonds is 10. The SMILES string of the molecule is CCCC(N=C([O-])OC(C)(C)C)C(=NNC(=O)NC(c1ccccc1)c1ccccc1)C(=O)OCC. The van der Waals surface area contributed by atoms with Crippen LogP contribution in [-0.4, -0.2) is 42.0 Å². The van der Waals surface area contributed by atoms with Gasteiger partial charge in [-0.15, -0.1) is 0 Å². The fourth-order valence-electron chi connectivity index (χ4n) is 3.34. The number of aliphatic imine (C=N–C) groups is 1. The summed E-state index contributed by atoms with van der Waals surface area (Å²) in [6, 6.07) is 16.9. The van der Waals surface area contributed by atoms with Gasteiger partial charge in [-0.1, -0.05) is 94.8 Å². The van der Waals surface area contributed by atoms with E-state index >= 15 is 0 Å². The fourth-order valence-corrected chi connectivity index (χ4v) is 3.34. The molecule has 0 heterocycles. The number of hydrogen-bond donors (Lipinski definition) is 2. The molecule has 2 aromatic carbocycles. The lowest BCUT2D eigenvalue weighted by Gasteiger charge is -2.30. The lowest BCUT2D eigenvalue weighted by molar-refractivity contribution is -0.260. The molecule has 0 spiro atoms. The number of urea groups is 1. The highest BCUT2D eigenvalue weighted by Gasteiger charge is 2.25. The molecule has 194 valence electrons. The number of hydrazone groups is 1. The molecule has 2 aromatic rings. The van der Waals surface area contributed by atoms with E-state index in [0.717, 1.165) is 11.1 Å². The van der Waals surface area contributed by atoms with Gasteiger partial charge in [0.05, 0.1) is 12.6 Å². The second-order valence-electron chi connectivity index (χ2n) is 8.97. The zero-order valence-electron chi connectivity index (χ0n) is 21.5. The Morgan fingerprint density at radius 1 is 0.972 bits per heavy atom. The Morgan fingerprint density at radius 3 is 2.00 bits per heavy atom. The lowest BCUT2D eigenvalue weighted by Crippen LogP contribution is -2.40. The molecule has 0 aliphatic rings. The van der Waals surface area contributed by atoms with E-state index in [1.807, 2.05) is 67.6 Å². The maximum Gasteiger partial charge on any atom is 0.356 e. The van der Waals surface area contributed by atoms with Crippen molar-refractivity contribution in [2.75, 3.05) is 6.61 Å². The number of esters is 1. The van der Waals surface area contributed by atoms with Gasteiger partial charge in [-0.25, -0.2) is 15.0 Å². The molecular weight excluding hydrogens is 460 g/mol. The highest BCUT2D eigenvalue weighted by Crippen LogP contribution is 2.21. The number of nitrogens with one attached hydrogen (secondary N) is 2. The zero-order valence-corrected chi connectivity index (χ0v) is 21.5. The number of hydrogen-bond acceptors (Lipinski definition) is 7. The van der Waals surface area contributed by atoms with Gasteiger partial charge < -0.3 is 19.9 Å². The van der Waals surface area contributed by atoms with Crippen LogP contribution >= 0.6 is 0 Å². The summed E-state index contributed by atoms with van der Waals surface area (Å²) in [6.45, 7) is 8.79. The van der Waals surface area contributed by atoms with E-state index in [4.69, 9.17) is 9.47 Å². The Hall–Kier alpha value is -3.88. The molecule has 9 heteroatoms. The molecule has 0 saturated heterocycles. The van der Waals surface area contributed by atoms with Crippen LogP contribution in [0.3, 0.4) is 0 Å². The second kappa shape index (κ2) is 13.9. The van der Waals surface area contributed by atoms with Crippen LogP contribution in [0.2, 0.25) is 0 Å². The highest BCUT2D eigenvalue weighted by atomic mass is 16.6. The molecule has 0 aliphatic carbocycles. The van der Waals surface area contributed by atoms with Crippen molar-refractivity contribution < 1.29 is 24.2 Å². The molecule has 2 N–H and O–H groups in total. The molecule has 1 atom stereocenters. The van der Waals surface area contributed by atoms with E-state index in [9.17, 15) is 14.7 Å². The monoisotopic (exact) mass is 495 g/mol. The average Bonchev–Trinajstić information content (AvgIpc) is 2.83. The minimum Gasteiger partial charge on any atom is -0.595 e. The Bertz CT molecular complexity index is 994. The molecule has 2 amide bonds. The first kappa shape index (κ1) is 28.4. The van der Waals surface area contributed by atoms with E-state index in [1.165, 1.54) is 0 Å². The van der Waals surface area contributed by atoms with Gasteiger partial charge in [-0.05, 0) is 24.5 Å². The van der Waals surface area contributed by atoms with Gasteiger partial charge >= 0.3 is 12.0 Å². The van der Waals surface area contributed by atoms with Crippen LogP contribution < -0.4 is 15.8 Å². The molecule has 36 heavy (non-hydrogen) atoms. The summed E-state index contributed by atoms with van der Waals surface area (Å²) in [5.41, 5.74) is 3.19. The van der Waals surface area contributed by atoms with Crippen molar-refractivity contribution in [2.24, 2.45) is 10.1 Å². The van der Waals surface area contributed by atoms with E-state index in [0.29, 0.717) is 12.8 Å². The van der Waals surface area contributed by atoms with Crippen molar-refractivity contribution in [1.82, 2.24) is 10.7 Å². The molecule has 0 radical (unpaired) electrons. The van der Waals surface area contributed by atoms with Crippen LogP contribution in [0.1, 0.15) is 64.6 Å². The smallest absolute Gasteiger partial charge is 0.356 e. The first-order chi connectivity index (χ1) is 17.1.